The lowest BCUT2D eigenvalue weighted by atomic mass is 10.8. The highest BCUT2D eigenvalue weighted by Gasteiger charge is 1.70. The maximum absolute atomic E-state index is 8.56. The maximum atomic E-state index is 8.56. The summed E-state index contributed by atoms with van der Waals surface area (Å²) in [5, 5.41) is 13.9. The molecule has 0 aliphatic carbocycles. The molecule has 0 unspecified atom stereocenters. The largest absolute Gasteiger partial charge is 0.503 e. The van der Waals surface area contributed by atoms with Gasteiger partial charge in [0.1, 0.15) is 0 Å². The third-order valence-electron chi connectivity index (χ3n) is 0. The minimum absolute atomic E-state index is 0. The zero-order chi connectivity index (χ0) is 5.58. The van der Waals surface area contributed by atoms with Crippen molar-refractivity contribution in [3.63, 3.8) is 0 Å². The zero-order valence-corrected chi connectivity index (χ0v) is 3.22. The second kappa shape index (κ2) is 19.6. The quantitative estimate of drug-likeness (QED) is 0.331. The SMILES string of the molecule is B.C=C.O=C(O)O. The van der Waals surface area contributed by atoms with E-state index in [4.69, 9.17) is 15.0 Å². The van der Waals surface area contributed by atoms with Crippen LogP contribution in [0.25, 0.3) is 0 Å². The molecule has 3 nitrogen and oxygen atoms in total. The highest BCUT2D eigenvalue weighted by atomic mass is 16.6. The number of carboxylic acid groups (broad SMARTS) is 2. The van der Waals surface area contributed by atoms with Crippen LogP contribution in [0.5, 0.6) is 0 Å². The summed E-state index contributed by atoms with van der Waals surface area (Å²) in [4.78, 5) is 8.56. The predicted octanol–water partition coefficient (Wildman–Crippen LogP) is -0.159. The summed E-state index contributed by atoms with van der Waals surface area (Å²) in [5.74, 6) is 0. The van der Waals surface area contributed by atoms with Gasteiger partial charge in [0.2, 0.25) is 0 Å². The average molecular weight is 104 g/mol. The topological polar surface area (TPSA) is 57.5 Å². The molecule has 0 aliphatic heterocycles. The first-order valence-electron chi connectivity index (χ1n) is 1.15. The Balaban J connectivity index is -0.0000000480. The third-order valence-corrected chi connectivity index (χ3v) is 0. The molecule has 0 aliphatic rings. The fourth-order valence-corrected chi connectivity index (χ4v) is 0. The second-order valence-corrected chi connectivity index (χ2v) is 0.283. The first-order valence-corrected chi connectivity index (χ1v) is 1.15. The maximum Gasteiger partial charge on any atom is 0.503 e. The lowest BCUT2D eigenvalue weighted by Gasteiger charge is -1.60. The average Bonchev–Trinajstić information content (AvgIpc) is 1.41. The second-order valence-electron chi connectivity index (χ2n) is 0.283. The molecule has 0 saturated heterocycles. The number of hydrogen-bond acceptors (Lipinski definition) is 1. The van der Waals surface area contributed by atoms with Crippen LogP contribution in [0.1, 0.15) is 0 Å². The summed E-state index contributed by atoms with van der Waals surface area (Å²) in [6.07, 6.45) is -1.83. The van der Waals surface area contributed by atoms with Gasteiger partial charge in [-0.2, -0.15) is 0 Å². The van der Waals surface area contributed by atoms with Gasteiger partial charge in [-0.25, -0.2) is 4.79 Å². The van der Waals surface area contributed by atoms with E-state index in [0.29, 0.717) is 0 Å². The van der Waals surface area contributed by atoms with E-state index in [0.717, 1.165) is 0 Å². The smallest absolute Gasteiger partial charge is 0.450 e. The minimum Gasteiger partial charge on any atom is -0.450 e. The van der Waals surface area contributed by atoms with Gasteiger partial charge in [0.15, 0.2) is 0 Å². The van der Waals surface area contributed by atoms with E-state index in [1.165, 1.54) is 0 Å². The van der Waals surface area contributed by atoms with Gasteiger partial charge >= 0.3 is 6.16 Å². The molecule has 0 amide bonds. The molecule has 7 heavy (non-hydrogen) atoms. The highest BCUT2D eigenvalue weighted by molar-refractivity contribution is 5.75. The zero-order valence-electron chi connectivity index (χ0n) is 3.22. The lowest BCUT2D eigenvalue weighted by molar-refractivity contribution is 0.137. The fraction of sp³-hybridized carbons (Fsp3) is 0. The van der Waals surface area contributed by atoms with Crippen molar-refractivity contribution >= 4 is 14.6 Å². The molecule has 0 aromatic heterocycles. The van der Waals surface area contributed by atoms with Crippen LogP contribution in [0.4, 0.5) is 4.79 Å². The molecule has 0 aromatic carbocycles. The van der Waals surface area contributed by atoms with Crippen LogP contribution in [0.3, 0.4) is 0 Å². The molecule has 0 radical (unpaired) electrons. The van der Waals surface area contributed by atoms with Gasteiger partial charge in [-0.05, 0) is 0 Å². The fourth-order valence-electron chi connectivity index (χ4n) is 0. The lowest BCUT2D eigenvalue weighted by Crippen LogP contribution is -1.81. The van der Waals surface area contributed by atoms with E-state index in [9.17, 15) is 0 Å². The van der Waals surface area contributed by atoms with Crippen molar-refractivity contribution in [2.45, 2.75) is 0 Å². The Hall–Kier alpha value is -0.925. The number of rotatable bonds is 0. The van der Waals surface area contributed by atoms with Crippen molar-refractivity contribution < 1.29 is 15.0 Å². The van der Waals surface area contributed by atoms with Crippen molar-refractivity contribution in [2.75, 3.05) is 0 Å². The van der Waals surface area contributed by atoms with Crippen LogP contribution in [0.2, 0.25) is 0 Å². The van der Waals surface area contributed by atoms with Crippen LogP contribution in [0.15, 0.2) is 13.2 Å². The monoisotopic (exact) mass is 104 g/mol. The van der Waals surface area contributed by atoms with E-state index in [1.54, 1.807) is 0 Å². The van der Waals surface area contributed by atoms with E-state index in [-0.39, 0.29) is 8.41 Å². The molecule has 0 rings (SSSR count). The Labute approximate surface area is 43.9 Å². The van der Waals surface area contributed by atoms with Gasteiger partial charge in [-0.15, -0.1) is 13.2 Å². The van der Waals surface area contributed by atoms with E-state index >= 15 is 0 Å². The van der Waals surface area contributed by atoms with E-state index in [2.05, 4.69) is 13.2 Å². The predicted molar refractivity (Wildman–Crippen MR) is 31.8 cm³/mol. The molecule has 0 bridgehead atoms. The number of carbonyl (C=O) groups is 1. The van der Waals surface area contributed by atoms with Crippen LogP contribution in [-0.4, -0.2) is 24.8 Å². The van der Waals surface area contributed by atoms with Crippen molar-refractivity contribution in [3.8, 4) is 0 Å². The molecular formula is C3H9BO3. The van der Waals surface area contributed by atoms with Crippen molar-refractivity contribution in [2.24, 2.45) is 0 Å². The van der Waals surface area contributed by atoms with Gasteiger partial charge in [-0.3, -0.25) is 0 Å². The van der Waals surface area contributed by atoms with Crippen molar-refractivity contribution in [1.82, 2.24) is 0 Å². The van der Waals surface area contributed by atoms with Gasteiger partial charge in [0.25, 0.3) is 0 Å². The molecular weight excluding hydrogens is 94.8 g/mol. The van der Waals surface area contributed by atoms with Crippen LogP contribution in [-0.2, 0) is 0 Å². The standard InChI is InChI=1S/C2H4.CH2O3.BH3/c1-2;2-1(3)4;/h1-2H2;(H2,2,3,4);1H3. The molecule has 0 aromatic rings. The Morgan fingerprint density at radius 1 is 1.29 bits per heavy atom. The van der Waals surface area contributed by atoms with E-state index < -0.39 is 6.16 Å². The Kier molecular flexibility index (Phi) is 46.3. The van der Waals surface area contributed by atoms with Crippen molar-refractivity contribution in [1.29, 1.82) is 0 Å². The summed E-state index contributed by atoms with van der Waals surface area (Å²) < 4.78 is 0. The van der Waals surface area contributed by atoms with Crippen LogP contribution < -0.4 is 0 Å². The van der Waals surface area contributed by atoms with Gasteiger partial charge < -0.3 is 10.2 Å². The van der Waals surface area contributed by atoms with Crippen LogP contribution in [0, 0.1) is 0 Å². The third kappa shape index (κ3) is 56.1. The summed E-state index contributed by atoms with van der Waals surface area (Å²) >= 11 is 0. The Morgan fingerprint density at radius 2 is 1.29 bits per heavy atom. The molecule has 0 heterocycles. The molecule has 4 heteroatoms. The van der Waals surface area contributed by atoms with Gasteiger partial charge in [0.05, 0.1) is 8.41 Å². The summed E-state index contributed by atoms with van der Waals surface area (Å²) in [6.45, 7) is 6.00. The van der Waals surface area contributed by atoms with Gasteiger partial charge in [0, 0.05) is 0 Å². The molecule has 2 N–H and O–H groups in total. The molecule has 0 spiro atoms. The molecule has 0 atom stereocenters. The minimum atomic E-state index is -1.83. The first kappa shape index (κ1) is 16.5. The molecule has 0 fully saturated rings. The summed E-state index contributed by atoms with van der Waals surface area (Å²) in [7, 11) is 0. The Bertz CT molecular complexity index is 41.4. The summed E-state index contributed by atoms with van der Waals surface area (Å²) in [6, 6.07) is 0. The normalized spacial score (nSPS) is 4.00. The highest BCUT2D eigenvalue weighted by Crippen LogP contribution is 1.42. The number of hydrogen-bond donors (Lipinski definition) is 2. The van der Waals surface area contributed by atoms with Crippen LogP contribution >= 0.6 is 0 Å². The first-order chi connectivity index (χ1) is 2.73. The molecule has 42 valence electrons. The summed E-state index contributed by atoms with van der Waals surface area (Å²) in [5.41, 5.74) is 0. The van der Waals surface area contributed by atoms with Crippen molar-refractivity contribution in [3.05, 3.63) is 13.2 Å². The molecule has 0 saturated carbocycles. The van der Waals surface area contributed by atoms with E-state index in [1.807, 2.05) is 0 Å². The van der Waals surface area contributed by atoms with Gasteiger partial charge in [-0.1, -0.05) is 0 Å². The Morgan fingerprint density at radius 3 is 1.29 bits per heavy atom.